The van der Waals surface area contributed by atoms with E-state index in [2.05, 4.69) is 23.8 Å². The molecule has 98 valence electrons. The van der Waals surface area contributed by atoms with Crippen LogP contribution in [0.15, 0.2) is 9.98 Å². The number of methoxy groups -OCH3 is 1. The summed E-state index contributed by atoms with van der Waals surface area (Å²) >= 11 is 0. The lowest BCUT2D eigenvalue weighted by Gasteiger charge is -2.33. The van der Waals surface area contributed by atoms with E-state index >= 15 is 0 Å². The quantitative estimate of drug-likeness (QED) is 0.807. The van der Waals surface area contributed by atoms with Gasteiger partial charge in [0, 0.05) is 6.54 Å². The molecule has 2 atom stereocenters. The Bertz CT molecular complexity index is 326. The summed E-state index contributed by atoms with van der Waals surface area (Å²) < 4.78 is 10.9. The van der Waals surface area contributed by atoms with Gasteiger partial charge in [-0.3, -0.25) is 0 Å². The number of hydrogen-bond donors (Lipinski definition) is 1. The van der Waals surface area contributed by atoms with Crippen LogP contribution in [0.3, 0.4) is 0 Å². The molecule has 1 aliphatic heterocycles. The average molecular weight is 241 g/mol. The van der Waals surface area contributed by atoms with Crippen LogP contribution in [0.25, 0.3) is 0 Å². The highest BCUT2D eigenvalue weighted by Gasteiger charge is 2.38. The lowest BCUT2D eigenvalue weighted by Crippen LogP contribution is -2.49. The highest BCUT2D eigenvalue weighted by Crippen LogP contribution is 2.23. The second-order valence-corrected chi connectivity index (χ2v) is 4.69. The Morgan fingerprint density at radius 1 is 1.47 bits per heavy atom. The molecule has 0 aromatic carbocycles. The van der Waals surface area contributed by atoms with Gasteiger partial charge in [-0.25, -0.2) is 9.98 Å². The van der Waals surface area contributed by atoms with Gasteiger partial charge in [0.25, 0.3) is 0 Å². The SMILES string of the molecule is CCOC1=NC(C(C)C)C(OC)=N[C@@]1(C)CN. The molecule has 0 fully saturated rings. The van der Waals surface area contributed by atoms with E-state index in [1.54, 1.807) is 7.11 Å². The molecule has 1 heterocycles. The van der Waals surface area contributed by atoms with Crippen LogP contribution in [-0.4, -0.2) is 43.6 Å². The molecular weight excluding hydrogens is 218 g/mol. The molecule has 1 unspecified atom stereocenters. The number of rotatable bonds is 3. The maximum atomic E-state index is 5.77. The van der Waals surface area contributed by atoms with E-state index < -0.39 is 5.54 Å². The van der Waals surface area contributed by atoms with Crippen molar-refractivity contribution in [3.05, 3.63) is 0 Å². The summed E-state index contributed by atoms with van der Waals surface area (Å²) in [6, 6.07) is -0.0822. The minimum atomic E-state index is -0.604. The fourth-order valence-electron chi connectivity index (χ4n) is 1.74. The fraction of sp³-hybridized carbons (Fsp3) is 0.833. The van der Waals surface area contributed by atoms with Gasteiger partial charge >= 0.3 is 0 Å². The number of ether oxygens (including phenoxy) is 2. The summed E-state index contributed by atoms with van der Waals surface area (Å²) in [6.45, 7) is 8.92. The third kappa shape index (κ3) is 2.77. The third-order valence-corrected chi connectivity index (χ3v) is 2.85. The molecule has 17 heavy (non-hydrogen) atoms. The summed E-state index contributed by atoms with van der Waals surface area (Å²) in [4.78, 5) is 9.17. The van der Waals surface area contributed by atoms with Gasteiger partial charge in [0.05, 0.1) is 13.7 Å². The van der Waals surface area contributed by atoms with E-state index in [0.717, 1.165) is 0 Å². The average Bonchev–Trinajstić information content (AvgIpc) is 2.31. The molecule has 5 heteroatoms. The zero-order valence-corrected chi connectivity index (χ0v) is 11.4. The standard InChI is InChI=1S/C12H23N3O2/c1-6-17-11-12(4,7-13)15-10(16-5)9(14-11)8(2)3/h8-9H,6-7,13H2,1-5H3/t9?,12-/m0/s1. The van der Waals surface area contributed by atoms with Crippen LogP contribution in [-0.2, 0) is 9.47 Å². The van der Waals surface area contributed by atoms with E-state index in [9.17, 15) is 0 Å². The number of nitrogens with zero attached hydrogens (tertiary/aromatic N) is 2. The molecule has 5 nitrogen and oxygen atoms in total. The van der Waals surface area contributed by atoms with Crippen LogP contribution in [0.5, 0.6) is 0 Å². The van der Waals surface area contributed by atoms with Crippen molar-refractivity contribution in [1.29, 1.82) is 0 Å². The first kappa shape index (κ1) is 14.0. The van der Waals surface area contributed by atoms with Crippen LogP contribution in [0, 0.1) is 5.92 Å². The summed E-state index contributed by atoms with van der Waals surface area (Å²) in [7, 11) is 1.62. The minimum absolute atomic E-state index is 0.0822. The monoisotopic (exact) mass is 241 g/mol. The number of nitrogens with two attached hydrogens (primary N) is 1. The highest BCUT2D eigenvalue weighted by molar-refractivity contribution is 5.96. The van der Waals surface area contributed by atoms with Crippen LogP contribution in [0.4, 0.5) is 0 Å². The predicted octanol–water partition coefficient (Wildman–Crippen LogP) is 1.22. The maximum Gasteiger partial charge on any atom is 0.214 e. The summed E-state index contributed by atoms with van der Waals surface area (Å²) in [6.07, 6.45) is 0. The first-order valence-electron chi connectivity index (χ1n) is 6.03. The summed E-state index contributed by atoms with van der Waals surface area (Å²) in [5.41, 5.74) is 5.17. The van der Waals surface area contributed by atoms with Crippen LogP contribution < -0.4 is 5.73 Å². The lowest BCUT2D eigenvalue weighted by molar-refractivity contribution is 0.274. The fourth-order valence-corrected chi connectivity index (χ4v) is 1.74. The van der Waals surface area contributed by atoms with Crippen molar-refractivity contribution in [2.24, 2.45) is 21.6 Å². The van der Waals surface area contributed by atoms with Gasteiger partial charge in [0.1, 0.15) is 11.6 Å². The minimum Gasteiger partial charge on any atom is -0.483 e. The van der Waals surface area contributed by atoms with Crippen LogP contribution in [0.1, 0.15) is 27.7 Å². The van der Waals surface area contributed by atoms with Crippen molar-refractivity contribution in [2.75, 3.05) is 20.3 Å². The zero-order valence-electron chi connectivity index (χ0n) is 11.4. The normalized spacial score (nSPS) is 28.8. The largest absolute Gasteiger partial charge is 0.483 e. The molecule has 0 saturated heterocycles. The van der Waals surface area contributed by atoms with Crippen molar-refractivity contribution < 1.29 is 9.47 Å². The second-order valence-electron chi connectivity index (χ2n) is 4.69. The summed E-state index contributed by atoms with van der Waals surface area (Å²) in [5.74, 6) is 1.56. The first-order valence-corrected chi connectivity index (χ1v) is 6.03. The van der Waals surface area contributed by atoms with Crippen molar-refractivity contribution in [3.63, 3.8) is 0 Å². The number of aliphatic imine (C=N–C) groups is 2. The van der Waals surface area contributed by atoms with Crippen molar-refractivity contribution in [3.8, 4) is 0 Å². The topological polar surface area (TPSA) is 69.2 Å². The Morgan fingerprint density at radius 3 is 2.53 bits per heavy atom. The van der Waals surface area contributed by atoms with Gasteiger partial charge in [-0.1, -0.05) is 13.8 Å². The molecule has 1 aliphatic rings. The Kier molecular flexibility index (Phi) is 4.51. The molecule has 0 aliphatic carbocycles. The molecule has 0 amide bonds. The third-order valence-electron chi connectivity index (χ3n) is 2.85. The smallest absolute Gasteiger partial charge is 0.214 e. The number of hydrogen-bond acceptors (Lipinski definition) is 5. The van der Waals surface area contributed by atoms with Gasteiger partial charge in [-0.2, -0.15) is 0 Å². The molecule has 0 aromatic rings. The van der Waals surface area contributed by atoms with Gasteiger partial charge < -0.3 is 15.2 Å². The van der Waals surface area contributed by atoms with Gasteiger partial charge in [0.15, 0.2) is 0 Å². The van der Waals surface area contributed by atoms with E-state index in [1.807, 2.05) is 13.8 Å². The van der Waals surface area contributed by atoms with Crippen molar-refractivity contribution in [1.82, 2.24) is 0 Å². The van der Waals surface area contributed by atoms with Crippen LogP contribution >= 0.6 is 0 Å². The van der Waals surface area contributed by atoms with E-state index in [0.29, 0.717) is 30.9 Å². The molecule has 1 rings (SSSR count). The second kappa shape index (κ2) is 5.49. The molecule has 0 aromatic heterocycles. The van der Waals surface area contributed by atoms with Gasteiger partial charge in [-0.05, 0) is 19.8 Å². The predicted molar refractivity (Wildman–Crippen MR) is 69.6 cm³/mol. The van der Waals surface area contributed by atoms with Crippen molar-refractivity contribution >= 4 is 11.8 Å². The molecule has 2 N–H and O–H groups in total. The van der Waals surface area contributed by atoms with Gasteiger partial charge in [-0.15, -0.1) is 0 Å². The highest BCUT2D eigenvalue weighted by atomic mass is 16.5. The van der Waals surface area contributed by atoms with Crippen LogP contribution in [0.2, 0.25) is 0 Å². The summed E-state index contributed by atoms with van der Waals surface area (Å²) in [5, 5.41) is 0. The Morgan fingerprint density at radius 2 is 2.12 bits per heavy atom. The molecule has 0 saturated carbocycles. The van der Waals surface area contributed by atoms with E-state index in [4.69, 9.17) is 15.2 Å². The Labute approximate surface area is 103 Å². The van der Waals surface area contributed by atoms with E-state index in [-0.39, 0.29) is 6.04 Å². The molecule has 0 radical (unpaired) electrons. The Hall–Kier alpha value is -1.10. The molecule has 0 bridgehead atoms. The maximum absolute atomic E-state index is 5.77. The molecular formula is C12H23N3O2. The zero-order chi connectivity index (χ0) is 13.1. The van der Waals surface area contributed by atoms with Crippen molar-refractivity contribution in [2.45, 2.75) is 39.3 Å². The van der Waals surface area contributed by atoms with Gasteiger partial charge in [0.2, 0.25) is 11.8 Å². The first-order chi connectivity index (χ1) is 7.98. The Balaban J connectivity index is 3.10. The lowest BCUT2D eigenvalue weighted by atomic mass is 9.97. The molecule has 0 spiro atoms. The van der Waals surface area contributed by atoms with E-state index in [1.165, 1.54) is 0 Å².